The summed E-state index contributed by atoms with van der Waals surface area (Å²) in [7, 11) is 1.63. The molecule has 13 heteroatoms. The van der Waals surface area contributed by atoms with Gasteiger partial charge in [-0.3, -0.25) is 24.1 Å². The van der Waals surface area contributed by atoms with E-state index in [0.29, 0.717) is 54.4 Å². The predicted molar refractivity (Wildman–Crippen MR) is 267 cm³/mol. The van der Waals surface area contributed by atoms with E-state index in [1.165, 1.54) is 0 Å². The fourth-order valence-corrected chi connectivity index (χ4v) is 11.3. The fraction of sp³-hybridized carbons (Fsp3) is 0.298. The number of hydrogen-bond donors (Lipinski definition) is 3. The number of cyclic esters (lactones) is 1. The maximum absolute atomic E-state index is 15.9. The number of carbonyl (C=O) groups is 4. The highest BCUT2D eigenvalue weighted by molar-refractivity contribution is 6.13. The summed E-state index contributed by atoms with van der Waals surface area (Å²) in [5.41, 5.74) is 4.44. The normalized spacial score (nSPS) is 23.0. The highest BCUT2D eigenvalue weighted by atomic mass is 16.6. The molecule has 6 aromatic rings. The number of hydrogen-bond acceptors (Lipinski definition) is 10. The van der Waals surface area contributed by atoms with Gasteiger partial charge in [-0.2, -0.15) is 0 Å². The van der Waals surface area contributed by atoms with Crippen LogP contribution in [0.2, 0.25) is 0 Å². The second-order valence-electron chi connectivity index (χ2n) is 19.0. The average molecular weight is 940 g/mol. The molecule has 4 aliphatic heterocycles. The van der Waals surface area contributed by atoms with Crippen LogP contribution in [0.25, 0.3) is 0 Å². The first-order chi connectivity index (χ1) is 33.9. The summed E-state index contributed by atoms with van der Waals surface area (Å²) in [5, 5.41) is 16.0. The van der Waals surface area contributed by atoms with Gasteiger partial charge in [0.2, 0.25) is 17.7 Å². The number of esters is 1. The molecule has 0 unspecified atom stereocenters. The molecule has 6 atom stereocenters. The maximum atomic E-state index is 15.9. The van der Waals surface area contributed by atoms with E-state index in [1.807, 2.05) is 144 Å². The van der Waals surface area contributed by atoms with Gasteiger partial charge in [-0.15, -0.1) is 0 Å². The van der Waals surface area contributed by atoms with Crippen molar-refractivity contribution < 1.29 is 38.5 Å². The molecular formula is C57H57N5O8. The number of nitrogens with one attached hydrogen (secondary N) is 2. The van der Waals surface area contributed by atoms with Gasteiger partial charge in [0.15, 0.2) is 0 Å². The number of piperazine rings is 1. The number of nitrogens with zero attached hydrogens (tertiary/aromatic N) is 3. The molecule has 10 rings (SSSR count). The summed E-state index contributed by atoms with van der Waals surface area (Å²) in [5.74, 6) is -1.61. The smallest absolute Gasteiger partial charge is 0.324 e. The van der Waals surface area contributed by atoms with E-state index in [2.05, 4.69) is 34.3 Å². The largest absolute Gasteiger partial charge is 0.497 e. The van der Waals surface area contributed by atoms with E-state index >= 15 is 14.4 Å². The van der Waals surface area contributed by atoms with Crippen molar-refractivity contribution >= 4 is 40.8 Å². The Labute approximate surface area is 408 Å². The maximum Gasteiger partial charge on any atom is 0.324 e. The molecule has 0 aromatic heterocycles. The molecule has 358 valence electrons. The van der Waals surface area contributed by atoms with E-state index in [9.17, 15) is 9.90 Å². The van der Waals surface area contributed by atoms with Gasteiger partial charge in [0.05, 0.1) is 31.7 Å². The van der Waals surface area contributed by atoms with Crippen molar-refractivity contribution in [2.24, 2.45) is 5.92 Å². The molecule has 13 nitrogen and oxygen atoms in total. The minimum absolute atomic E-state index is 0.0514. The molecule has 3 amide bonds. The Morgan fingerprint density at radius 3 is 2.01 bits per heavy atom. The lowest BCUT2D eigenvalue weighted by atomic mass is 9.64. The van der Waals surface area contributed by atoms with Gasteiger partial charge in [-0.1, -0.05) is 111 Å². The van der Waals surface area contributed by atoms with Crippen molar-refractivity contribution in [3.05, 3.63) is 185 Å². The zero-order valence-electron chi connectivity index (χ0n) is 39.7. The molecule has 3 saturated heterocycles. The first-order valence-corrected chi connectivity index (χ1v) is 23.9. The third-order valence-corrected chi connectivity index (χ3v) is 14.9. The number of anilines is 3. The minimum Gasteiger partial charge on any atom is -0.497 e. The molecule has 6 aromatic carbocycles. The summed E-state index contributed by atoms with van der Waals surface area (Å²) in [6.45, 7) is 8.31. The number of aliphatic hydroxyl groups excluding tert-OH is 1. The van der Waals surface area contributed by atoms with Crippen LogP contribution in [-0.4, -0.2) is 91.1 Å². The van der Waals surface area contributed by atoms with E-state index in [1.54, 1.807) is 26.2 Å². The highest BCUT2D eigenvalue weighted by Crippen LogP contribution is 2.65. The first kappa shape index (κ1) is 46.3. The summed E-state index contributed by atoms with van der Waals surface area (Å²) in [6.07, 6.45) is -0.824. The van der Waals surface area contributed by atoms with Crippen molar-refractivity contribution in [3.63, 3.8) is 0 Å². The molecule has 70 heavy (non-hydrogen) atoms. The molecule has 0 radical (unpaired) electrons. The van der Waals surface area contributed by atoms with Crippen LogP contribution >= 0.6 is 0 Å². The average Bonchev–Trinajstić information content (AvgIpc) is 3.87. The van der Waals surface area contributed by atoms with Crippen molar-refractivity contribution in [1.29, 1.82) is 0 Å². The van der Waals surface area contributed by atoms with Crippen LogP contribution in [0, 0.1) is 5.92 Å². The highest BCUT2D eigenvalue weighted by Gasteiger charge is 2.74. The second kappa shape index (κ2) is 18.8. The van der Waals surface area contributed by atoms with Crippen LogP contribution in [0.15, 0.2) is 152 Å². The quantitative estimate of drug-likeness (QED) is 0.103. The molecule has 4 heterocycles. The number of rotatable bonds is 12. The number of ether oxygens (including phenoxy) is 3. The number of aliphatic hydroxyl groups is 1. The Bertz CT molecular complexity index is 2890. The minimum atomic E-state index is -1.72. The Kier molecular flexibility index (Phi) is 12.4. The summed E-state index contributed by atoms with van der Waals surface area (Å²) >= 11 is 0. The number of benzene rings is 6. The van der Waals surface area contributed by atoms with Gasteiger partial charge in [-0.25, -0.2) is 0 Å². The molecule has 0 aliphatic carbocycles. The van der Waals surface area contributed by atoms with Crippen molar-refractivity contribution in [2.75, 3.05) is 62.0 Å². The Morgan fingerprint density at radius 2 is 1.39 bits per heavy atom. The topological polar surface area (TPSA) is 150 Å². The van der Waals surface area contributed by atoms with Gasteiger partial charge in [0, 0.05) is 55.6 Å². The van der Waals surface area contributed by atoms with Gasteiger partial charge in [0.1, 0.15) is 35.7 Å². The summed E-state index contributed by atoms with van der Waals surface area (Å²) in [6, 6.07) is 45.4. The lowest BCUT2D eigenvalue weighted by molar-refractivity contribution is -0.177. The van der Waals surface area contributed by atoms with Crippen LogP contribution in [-0.2, 0) is 34.7 Å². The number of morpholine rings is 1. The van der Waals surface area contributed by atoms with E-state index in [0.717, 1.165) is 33.7 Å². The van der Waals surface area contributed by atoms with Crippen molar-refractivity contribution in [2.45, 2.75) is 55.8 Å². The lowest BCUT2D eigenvalue weighted by Crippen LogP contribution is -2.53. The third kappa shape index (κ3) is 8.02. The van der Waals surface area contributed by atoms with Gasteiger partial charge in [-0.05, 0) is 88.0 Å². The molecule has 0 bridgehead atoms. The molecule has 3 N–H and O–H groups in total. The van der Waals surface area contributed by atoms with Crippen LogP contribution in [0.3, 0.4) is 0 Å². The van der Waals surface area contributed by atoms with Gasteiger partial charge < -0.3 is 39.8 Å². The lowest BCUT2D eigenvalue weighted by Gasteiger charge is -2.46. The van der Waals surface area contributed by atoms with Gasteiger partial charge in [0.25, 0.3) is 0 Å². The monoisotopic (exact) mass is 939 g/mol. The number of fused-ring (bicyclic) bond motifs is 3. The molecule has 3 fully saturated rings. The zero-order valence-corrected chi connectivity index (χ0v) is 39.7. The summed E-state index contributed by atoms with van der Waals surface area (Å²) < 4.78 is 18.0. The first-order valence-electron chi connectivity index (χ1n) is 23.9. The third-order valence-electron chi connectivity index (χ3n) is 14.9. The number of carbonyl (C=O) groups excluding carboxylic acids is 4. The molecular weight excluding hydrogens is 883 g/mol. The predicted octanol–water partition coefficient (Wildman–Crippen LogP) is 7.97. The Balaban J connectivity index is 1.17. The Hall–Kier alpha value is -7.48. The van der Waals surface area contributed by atoms with Crippen LogP contribution in [0.1, 0.15) is 72.3 Å². The molecule has 0 saturated carbocycles. The van der Waals surface area contributed by atoms with Crippen LogP contribution in [0.4, 0.5) is 17.1 Å². The fourth-order valence-electron chi connectivity index (χ4n) is 11.3. The number of methoxy groups -OCH3 is 1. The standard InChI is InChI=1S/C57H57N5O8/c1-36(64)60-29-31-61(32-30-60)43-22-20-42(21-23-43)58-53(65)48-50-54(66)70-51(38-13-9-6-10-14-38)49(37-11-7-5-8-12-37)62(50)52(39-15-24-45(25-16-39)69-34-33-63)57(48)46-35-41(19-28-47(46)59-55(57)67)56(2,3)40-17-26-44(68-4)27-18-40/h5-28,35,48-52,63H,29-34H2,1-4H3,(H,58,65)(H,59,67)/t48-,49-,50-,51+,52+,57-/m1/s1. The summed E-state index contributed by atoms with van der Waals surface area (Å²) in [4.78, 5) is 65.3. The van der Waals surface area contributed by atoms with Crippen LogP contribution in [0.5, 0.6) is 11.5 Å². The van der Waals surface area contributed by atoms with Crippen molar-refractivity contribution in [1.82, 2.24) is 9.80 Å². The Morgan fingerprint density at radius 1 is 0.757 bits per heavy atom. The SMILES string of the molecule is COc1ccc(C(C)(C)c2ccc3c(c2)[C@]2(C(=O)N3)[C@H](c3ccc(OCCO)cc3)N3[C@H](c4ccccc4)[C@H](c4ccccc4)OC(=O)[C@H]3[C@@H]2C(=O)Nc2ccc(N3CCN(C(C)=O)CC3)cc2)cc1. The van der Waals surface area contributed by atoms with E-state index < -0.39 is 58.8 Å². The van der Waals surface area contributed by atoms with Crippen molar-refractivity contribution in [3.8, 4) is 11.5 Å². The second-order valence-corrected chi connectivity index (χ2v) is 19.0. The zero-order chi connectivity index (χ0) is 48.7. The van der Waals surface area contributed by atoms with E-state index in [4.69, 9.17) is 14.2 Å². The number of amides is 3. The van der Waals surface area contributed by atoms with E-state index in [-0.39, 0.29) is 19.1 Å². The molecule has 4 aliphatic rings. The van der Waals surface area contributed by atoms with Crippen LogP contribution < -0.4 is 25.0 Å². The molecule has 1 spiro atoms. The van der Waals surface area contributed by atoms with Gasteiger partial charge >= 0.3 is 5.97 Å².